The van der Waals surface area contributed by atoms with Gasteiger partial charge in [-0.2, -0.15) is 4.40 Å². The first-order valence-corrected chi connectivity index (χ1v) is 8.76. The molecule has 4 rings (SSSR count). The molecule has 0 bridgehead atoms. The number of hydrogen-bond acceptors (Lipinski definition) is 0. The van der Waals surface area contributed by atoms with Gasteiger partial charge in [0.25, 0.3) is 0 Å². The predicted octanol–water partition coefficient (Wildman–Crippen LogP) is 5.82. The average Bonchev–Trinajstić information content (AvgIpc) is 2.61. The van der Waals surface area contributed by atoms with Crippen molar-refractivity contribution in [2.24, 2.45) is 0 Å². The molecule has 0 unspecified atom stereocenters. The van der Waals surface area contributed by atoms with Gasteiger partial charge in [-0.15, -0.1) is 0 Å². The van der Waals surface area contributed by atoms with Gasteiger partial charge in [0.2, 0.25) is 5.52 Å². The summed E-state index contributed by atoms with van der Waals surface area (Å²) in [7, 11) is 0. The second-order valence-electron chi connectivity index (χ2n) is 6.04. The highest BCUT2D eigenvalue weighted by Gasteiger charge is 2.08. The van der Waals surface area contributed by atoms with Crippen LogP contribution in [0.3, 0.4) is 0 Å². The van der Waals surface area contributed by atoms with Gasteiger partial charge in [0.1, 0.15) is 0 Å². The second kappa shape index (κ2) is 6.21. The van der Waals surface area contributed by atoms with Gasteiger partial charge in [-0.1, -0.05) is 64.0 Å². The van der Waals surface area contributed by atoms with E-state index in [1.54, 1.807) is 0 Å². The van der Waals surface area contributed by atoms with Gasteiger partial charge in [-0.05, 0) is 35.6 Å². The quantitative estimate of drug-likeness (QED) is 0.307. The Kier molecular flexibility index (Phi) is 3.91. The molecule has 24 heavy (non-hydrogen) atoms. The van der Waals surface area contributed by atoms with Crippen LogP contribution in [-0.2, 0) is 0 Å². The van der Waals surface area contributed by atoms with Crippen molar-refractivity contribution in [2.45, 2.75) is 6.92 Å². The molecule has 0 aliphatic heterocycles. The largest absolute Gasteiger partial charge is 0.219 e. The molecular weight excluding hydrogens is 358 g/mol. The van der Waals surface area contributed by atoms with Gasteiger partial charge in [0.15, 0.2) is 12.4 Å². The van der Waals surface area contributed by atoms with E-state index in [2.05, 4.69) is 112 Å². The highest BCUT2D eigenvalue weighted by atomic mass is 79.9. The second-order valence-corrected chi connectivity index (χ2v) is 6.96. The molecule has 2 heterocycles. The number of aromatic nitrogens is 1. The summed E-state index contributed by atoms with van der Waals surface area (Å²) >= 11 is 3.58. The summed E-state index contributed by atoms with van der Waals surface area (Å²) in [5, 5.41) is 2.50. The Morgan fingerprint density at radius 3 is 2.38 bits per heavy atom. The number of rotatable bonds is 2. The normalized spacial score (nSPS) is 11.6. The summed E-state index contributed by atoms with van der Waals surface area (Å²) in [6.45, 7) is 2.11. The molecular formula is C22H17BrN+. The minimum absolute atomic E-state index is 1.10. The van der Waals surface area contributed by atoms with Crippen molar-refractivity contribution in [3.63, 3.8) is 0 Å². The summed E-state index contributed by atoms with van der Waals surface area (Å²) in [6, 6.07) is 21.5. The van der Waals surface area contributed by atoms with Gasteiger partial charge in [-0.25, -0.2) is 0 Å². The first-order valence-electron chi connectivity index (χ1n) is 7.97. The first-order chi connectivity index (χ1) is 11.7. The minimum atomic E-state index is 1.10. The van der Waals surface area contributed by atoms with Crippen LogP contribution in [0.2, 0.25) is 0 Å². The summed E-state index contributed by atoms with van der Waals surface area (Å²) in [6.07, 6.45) is 8.55. The Bertz CT molecular complexity index is 1060. The molecule has 0 aliphatic rings. The molecule has 0 fully saturated rings. The molecule has 0 aliphatic carbocycles. The number of benzene rings is 2. The van der Waals surface area contributed by atoms with E-state index in [9.17, 15) is 0 Å². The SMILES string of the molecule is Cc1ccc(/C=C/c2cc[n+]3ccc4ccc(Br)cc4c3c2)cc1. The highest BCUT2D eigenvalue weighted by Crippen LogP contribution is 2.22. The fourth-order valence-electron chi connectivity index (χ4n) is 2.90. The van der Waals surface area contributed by atoms with Gasteiger partial charge in [-0.3, -0.25) is 0 Å². The van der Waals surface area contributed by atoms with Crippen LogP contribution >= 0.6 is 15.9 Å². The van der Waals surface area contributed by atoms with Crippen LogP contribution in [0, 0.1) is 6.92 Å². The minimum Gasteiger partial charge on any atom is -0.167 e. The molecule has 2 aromatic carbocycles. The summed E-state index contributed by atoms with van der Waals surface area (Å²) < 4.78 is 3.27. The summed E-state index contributed by atoms with van der Waals surface area (Å²) in [4.78, 5) is 0. The first kappa shape index (κ1) is 15.1. The molecule has 1 nitrogen and oxygen atoms in total. The number of aryl methyl sites for hydroxylation is 1. The smallest absolute Gasteiger partial charge is 0.167 e. The van der Waals surface area contributed by atoms with Crippen LogP contribution < -0.4 is 4.40 Å². The molecule has 2 heteroatoms. The standard InChI is InChI=1S/C22H17BrN/c1-16-2-4-17(5-3-16)6-7-18-10-12-24-13-11-19-8-9-20(23)15-21(19)22(24)14-18/h2-15H,1H3/q+1/b7-6+. The van der Waals surface area contributed by atoms with Crippen LogP contribution in [0.25, 0.3) is 28.4 Å². The molecule has 0 radical (unpaired) electrons. The van der Waals surface area contributed by atoms with Crippen molar-refractivity contribution < 1.29 is 4.40 Å². The van der Waals surface area contributed by atoms with E-state index in [-0.39, 0.29) is 0 Å². The Labute approximate surface area is 150 Å². The van der Waals surface area contributed by atoms with Crippen LogP contribution in [0.5, 0.6) is 0 Å². The zero-order chi connectivity index (χ0) is 16.5. The van der Waals surface area contributed by atoms with Crippen molar-refractivity contribution in [1.29, 1.82) is 0 Å². The van der Waals surface area contributed by atoms with E-state index in [0.29, 0.717) is 0 Å². The molecule has 2 aromatic heterocycles. The molecule has 0 N–H and O–H groups in total. The lowest BCUT2D eigenvalue weighted by molar-refractivity contribution is -0.510. The topological polar surface area (TPSA) is 4.10 Å². The molecule has 0 saturated heterocycles. The van der Waals surface area contributed by atoms with Gasteiger partial charge in [0.05, 0.1) is 5.39 Å². The third-order valence-electron chi connectivity index (χ3n) is 4.26. The lowest BCUT2D eigenvalue weighted by Crippen LogP contribution is -2.20. The van der Waals surface area contributed by atoms with E-state index in [1.807, 2.05) is 0 Å². The van der Waals surface area contributed by atoms with E-state index < -0.39 is 0 Å². The van der Waals surface area contributed by atoms with Crippen LogP contribution in [0.15, 0.2) is 77.5 Å². The lowest BCUT2D eigenvalue weighted by Gasteiger charge is -2.01. The molecule has 0 saturated carbocycles. The Balaban J connectivity index is 1.80. The van der Waals surface area contributed by atoms with Crippen molar-refractivity contribution in [1.82, 2.24) is 0 Å². The van der Waals surface area contributed by atoms with Crippen LogP contribution in [0.4, 0.5) is 0 Å². The third kappa shape index (κ3) is 2.98. The van der Waals surface area contributed by atoms with Crippen molar-refractivity contribution in [3.8, 4) is 0 Å². The van der Waals surface area contributed by atoms with Crippen molar-refractivity contribution in [3.05, 3.63) is 94.2 Å². The highest BCUT2D eigenvalue weighted by molar-refractivity contribution is 9.10. The Morgan fingerprint density at radius 2 is 1.54 bits per heavy atom. The van der Waals surface area contributed by atoms with Crippen LogP contribution in [-0.4, -0.2) is 0 Å². The van der Waals surface area contributed by atoms with E-state index in [4.69, 9.17) is 0 Å². The number of nitrogens with zero attached hydrogens (tertiary/aromatic N) is 1. The number of fused-ring (bicyclic) bond motifs is 3. The molecule has 0 spiro atoms. The fraction of sp³-hybridized carbons (Fsp3) is 0.0455. The van der Waals surface area contributed by atoms with E-state index in [0.717, 1.165) is 4.47 Å². The zero-order valence-corrected chi connectivity index (χ0v) is 15.0. The maximum absolute atomic E-state index is 3.58. The van der Waals surface area contributed by atoms with E-state index >= 15 is 0 Å². The average molecular weight is 375 g/mol. The van der Waals surface area contributed by atoms with Crippen LogP contribution in [0.1, 0.15) is 16.7 Å². The molecule has 116 valence electrons. The zero-order valence-electron chi connectivity index (χ0n) is 13.4. The maximum atomic E-state index is 3.58. The molecule has 4 aromatic rings. The van der Waals surface area contributed by atoms with E-state index in [1.165, 1.54) is 33.0 Å². The summed E-state index contributed by atoms with van der Waals surface area (Å²) in [5.74, 6) is 0. The molecule has 0 atom stereocenters. The lowest BCUT2D eigenvalue weighted by atomic mass is 10.1. The number of pyridine rings is 2. The monoisotopic (exact) mass is 374 g/mol. The van der Waals surface area contributed by atoms with Gasteiger partial charge in [0, 0.05) is 22.7 Å². The Morgan fingerprint density at radius 1 is 0.792 bits per heavy atom. The summed E-state index contributed by atoms with van der Waals surface area (Å²) in [5.41, 5.74) is 4.91. The maximum Gasteiger partial charge on any atom is 0.219 e. The number of halogens is 1. The van der Waals surface area contributed by atoms with Crippen molar-refractivity contribution in [2.75, 3.05) is 0 Å². The predicted molar refractivity (Wildman–Crippen MR) is 105 cm³/mol. The number of hydrogen-bond donors (Lipinski definition) is 0. The fourth-order valence-corrected chi connectivity index (χ4v) is 3.27. The third-order valence-corrected chi connectivity index (χ3v) is 4.75. The van der Waals surface area contributed by atoms with Gasteiger partial charge < -0.3 is 0 Å². The molecule has 0 amide bonds. The Hall–Kier alpha value is -2.45. The van der Waals surface area contributed by atoms with Gasteiger partial charge >= 0.3 is 0 Å². The van der Waals surface area contributed by atoms with Crippen molar-refractivity contribution >= 4 is 44.4 Å².